The molecule has 0 radical (unpaired) electrons. The molecular weight excluding hydrogens is 478 g/mol. The van der Waals surface area contributed by atoms with Gasteiger partial charge in [0.15, 0.2) is 5.78 Å². The molecule has 0 aliphatic carbocycles. The second-order valence-corrected chi connectivity index (χ2v) is 11.1. The van der Waals surface area contributed by atoms with Crippen molar-refractivity contribution in [2.24, 2.45) is 11.8 Å². The first kappa shape index (κ1) is 29.4. The number of benzene rings is 2. The Balaban J connectivity index is 1.62. The molecule has 2 aromatic carbocycles. The lowest BCUT2D eigenvalue weighted by atomic mass is 9.98. The van der Waals surface area contributed by atoms with Gasteiger partial charge in [0.2, 0.25) is 5.91 Å². The lowest BCUT2D eigenvalue weighted by Crippen LogP contribution is -2.53. The van der Waals surface area contributed by atoms with Crippen molar-refractivity contribution in [2.75, 3.05) is 13.1 Å². The number of nitrogens with zero attached hydrogens (tertiary/aromatic N) is 1. The summed E-state index contributed by atoms with van der Waals surface area (Å²) in [4.78, 5) is 41.5. The summed E-state index contributed by atoms with van der Waals surface area (Å²) in [6, 6.07) is 16.4. The molecule has 2 aromatic rings. The molecule has 0 spiro atoms. The second kappa shape index (κ2) is 14.7. The van der Waals surface area contributed by atoms with E-state index in [9.17, 15) is 14.4 Å². The minimum Gasteiger partial charge on any atom is -0.445 e. The number of hydrogen-bond acceptors (Lipinski definition) is 5. The van der Waals surface area contributed by atoms with Gasteiger partial charge in [-0.1, -0.05) is 82.3 Å². The lowest BCUT2D eigenvalue weighted by molar-refractivity contribution is -0.130. The minimum atomic E-state index is -0.786. The van der Waals surface area contributed by atoms with Crippen molar-refractivity contribution in [1.82, 2.24) is 15.5 Å². The van der Waals surface area contributed by atoms with E-state index in [0.717, 1.165) is 31.5 Å². The maximum absolute atomic E-state index is 13.5. The molecule has 1 heterocycles. The molecule has 2 N–H and O–H groups in total. The Labute approximate surface area is 227 Å². The maximum atomic E-state index is 13.5. The number of carbonyl (C=O) groups excluding carboxylic acids is 3. The quantitative estimate of drug-likeness (QED) is 0.416. The third-order valence-corrected chi connectivity index (χ3v) is 6.75. The first-order valence-corrected chi connectivity index (χ1v) is 13.8. The molecule has 0 fully saturated rings. The van der Waals surface area contributed by atoms with Gasteiger partial charge in [-0.05, 0) is 60.8 Å². The molecule has 1 aliphatic rings. The molecule has 2 atom stereocenters. The van der Waals surface area contributed by atoms with Crippen LogP contribution in [0.1, 0.15) is 63.6 Å². The van der Waals surface area contributed by atoms with Crippen LogP contribution in [0.3, 0.4) is 0 Å². The van der Waals surface area contributed by atoms with Gasteiger partial charge in [-0.25, -0.2) is 4.79 Å². The van der Waals surface area contributed by atoms with E-state index >= 15 is 0 Å². The summed E-state index contributed by atoms with van der Waals surface area (Å²) in [6.45, 7) is 10.0. The van der Waals surface area contributed by atoms with Crippen LogP contribution in [0.2, 0.25) is 0 Å². The monoisotopic (exact) mass is 521 g/mol. The Hall–Kier alpha value is -3.19. The summed E-state index contributed by atoms with van der Waals surface area (Å²) in [7, 11) is 0. The minimum absolute atomic E-state index is 0.00128. The smallest absolute Gasteiger partial charge is 0.408 e. The van der Waals surface area contributed by atoms with Crippen molar-refractivity contribution in [1.29, 1.82) is 0 Å². The van der Waals surface area contributed by atoms with Crippen molar-refractivity contribution in [2.45, 2.75) is 78.6 Å². The number of hydrogen-bond donors (Lipinski definition) is 2. The van der Waals surface area contributed by atoms with E-state index in [1.807, 2.05) is 64.1 Å². The third kappa shape index (κ3) is 9.60. The molecular formula is C31H43N3O4. The van der Waals surface area contributed by atoms with E-state index < -0.39 is 18.2 Å². The molecule has 3 rings (SSSR count). The van der Waals surface area contributed by atoms with Gasteiger partial charge in [0.05, 0.1) is 12.6 Å². The zero-order chi connectivity index (χ0) is 27.5. The molecule has 0 saturated carbocycles. The summed E-state index contributed by atoms with van der Waals surface area (Å²) >= 11 is 0. The topological polar surface area (TPSA) is 87.7 Å². The fourth-order valence-electron chi connectivity index (χ4n) is 4.86. The predicted molar refractivity (Wildman–Crippen MR) is 149 cm³/mol. The van der Waals surface area contributed by atoms with E-state index in [1.54, 1.807) is 0 Å². The van der Waals surface area contributed by atoms with E-state index in [2.05, 4.69) is 33.7 Å². The third-order valence-electron chi connectivity index (χ3n) is 6.75. The van der Waals surface area contributed by atoms with Crippen molar-refractivity contribution in [3.8, 4) is 0 Å². The van der Waals surface area contributed by atoms with E-state index in [-0.39, 0.29) is 36.7 Å². The predicted octanol–water partition coefficient (Wildman–Crippen LogP) is 4.88. The summed E-state index contributed by atoms with van der Waals surface area (Å²) in [5, 5.41) is 5.69. The van der Waals surface area contributed by atoms with Gasteiger partial charge in [-0.2, -0.15) is 0 Å². The van der Waals surface area contributed by atoms with E-state index in [0.29, 0.717) is 12.8 Å². The van der Waals surface area contributed by atoms with Gasteiger partial charge in [-0.3, -0.25) is 14.5 Å². The van der Waals surface area contributed by atoms with Gasteiger partial charge >= 0.3 is 6.09 Å². The first-order valence-electron chi connectivity index (χ1n) is 13.8. The van der Waals surface area contributed by atoms with Crippen molar-refractivity contribution < 1.29 is 19.1 Å². The highest BCUT2D eigenvalue weighted by Gasteiger charge is 2.29. The Morgan fingerprint density at radius 3 is 2.16 bits per heavy atom. The highest BCUT2D eigenvalue weighted by atomic mass is 16.5. The number of ketones is 1. The fraction of sp³-hybridized carbons (Fsp3) is 0.516. The summed E-state index contributed by atoms with van der Waals surface area (Å²) in [5.41, 5.74) is 3.47. The second-order valence-electron chi connectivity index (χ2n) is 11.1. The largest absolute Gasteiger partial charge is 0.445 e. The van der Waals surface area contributed by atoms with Crippen LogP contribution in [0.25, 0.3) is 0 Å². The molecule has 2 amide bonds. The molecule has 38 heavy (non-hydrogen) atoms. The molecule has 0 unspecified atom stereocenters. The van der Waals surface area contributed by atoms with Crippen molar-refractivity contribution in [3.05, 3.63) is 71.3 Å². The highest BCUT2D eigenvalue weighted by Crippen LogP contribution is 2.19. The van der Waals surface area contributed by atoms with Gasteiger partial charge in [0, 0.05) is 6.54 Å². The highest BCUT2D eigenvalue weighted by molar-refractivity contribution is 5.93. The number of alkyl carbamates (subject to hydrolysis) is 1. The molecule has 0 saturated heterocycles. The van der Waals surface area contributed by atoms with Crippen LogP contribution < -0.4 is 10.6 Å². The standard InChI is InChI=1S/C31H43N3O4/c1-22(2)17-27(29(35)20-34-16-10-15-25-13-8-9-14-26(25)19-34)32-30(36)28(18-23(3)4)33-31(37)38-21-24-11-6-5-7-12-24/h5-9,11-14,22-23,27-28H,10,15-21H2,1-4H3,(H,32,36)(H,33,37)/t27-,28+/m1/s1. The Kier molecular flexibility index (Phi) is 11.3. The SMILES string of the molecule is CC(C)C[C@H](NC(=O)OCc1ccccc1)C(=O)N[C@H](CC(C)C)C(=O)CN1CCCc2ccccc2C1. The van der Waals surface area contributed by atoms with Gasteiger partial charge in [-0.15, -0.1) is 0 Å². The van der Waals surface area contributed by atoms with Crippen LogP contribution in [-0.4, -0.2) is 47.9 Å². The van der Waals surface area contributed by atoms with Crippen molar-refractivity contribution in [3.63, 3.8) is 0 Å². The molecule has 1 aliphatic heterocycles. The Morgan fingerprint density at radius 2 is 1.47 bits per heavy atom. The van der Waals surface area contributed by atoms with Crippen LogP contribution in [0, 0.1) is 11.8 Å². The van der Waals surface area contributed by atoms with Crippen molar-refractivity contribution >= 4 is 17.8 Å². The summed E-state index contributed by atoms with van der Waals surface area (Å²) in [5.74, 6) is 0.0370. The zero-order valence-corrected chi connectivity index (χ0v) is 23.2. The normalized spacial score (nSPS) is 15.3. The number of ether oxygens (including phenoxy) is 1. The number of fused-ring (bicyclic) bond motifs is 1. The average molecular weight is 522 g/mol. The zero-order valence-electron chi connectivity index (χ0n) is 23.2. The average Bonchev–Trinajstić information content (AvgIpc) is 3.08. The van der Waals surface area contributed by atoms with Crippen LogP contribution in [0.5, 0.6) is 0 Å². The molecule has 206 valence electrons. The van der Waals surface area contributed by atoms with Crippen LogP contribution in [-0.2, 0) is 33.9 Å². The van der Waals surface area contributed by atoms with Crippen LogP contribution in [0.4, 0.5) is 4.79 Å². The number of nitrogens with one attached hydrogen (secondary N) is 2. The molecule has 7 heteroatoms. The van der Waals surface area contributed by atoms with Crippen LogP contribution in [0.15, 0.2) is 54.6 Å². The van der Waals surface area contributed by atoms with Crippen LogP contribution >= 0.6 is 0 Å². The lowest BCUT2D eigenvalue weighted by Gasteiger charge is -2.27. The molecule has 7 nitrogen and oxygen atoms in total. The summed E-state index contributed by atoms with van der Waals surface area (Å²) < 4.78 is 5.34. The van der Waals surface area contributed by atoms with E-state index in [1.165, 1.54) is 11.1 Å². The molecule has 0 aromatic heterocycles. The number of amides is 2. The number of aryl methyl sites for hydroxylation is 1. The summed E-state index contributed by atoms with van der Waals surface area (Å²) in [6.07, 6.45) is 2.34. The number of rotatable bonds is 12. The fourth-order valence-corrected chi connectivity index (χ4v) is 4.86. The van der Waals surface area contributed by atoms with E-state index in [4.69, 9.17) is 4.74 Å². The van der Waals surface area contributed by atoms with Gasteiger partial charge in [0.1, 0.15) is 12.6 Å². The van der Waals surface area contributed by atoms with Gasteiger partial charge < -0.3 is 15.4 Å². The molecule has 0 bridgehead atoms. The Bertz CT molecular complexity index is 1050. The Morgan fingerprint density at radius 1 is 0.842 bits per heavy atom. The number of Topliss-reactive ketones (excluding diaryl/α,β-unsaturated/α-hetero) is 1. The number of carbonyl (C=O) groups is 3. The maximum Gasteiger partial charge on any atom is 0.408 e. The van der Waals surface area contributed by atoms with Gasteiger partial charge in [0.25, 0.3) is 0 Å². The first-order chi connectivity index (χ1) is 18.2.